The van der Waals surface area contributed by atoms with Crippen LogP contribution in [-0.2, 0) is 47.4 Å². The quantitative estimate of drug-likeness (QED) is 0.0424. The van der Waals surface area contributed by atoms with Gasteiger partial charge in [-0.25, -0.2) is 27.6 Å². The highest BCUT2D eigenvalue weighted by Gasteiger charge is 2.50. The fourth-order valence-electron chi connectivity index (χ4n) is 5.60. The van der Waals surface area contributed by atoms with Crippen molar-refractivity contribution in [3.05, 3.63) is 33.4 Å². The summed E-state index contributed by atoms with van der Waals surface area (Å²) in [6.07, 6.45) is -11.6. The van der Waals surface area contributed by atoms with Crippen LogP contribution in [0.5, 0.6) is 0 Å². The highest BCUT2D eigenvalue weighted by atomic mass is 31.3. The van der Waals surface area contributed by atoms with Gasteiger partial charge in [-0.3, -0.25) is 33.2 Å². The van der Waals surface area contributed by atoms with E-state index in [1.165, 1.54) is 0 Å². The Kier molecular flexibility index (Phi) is 11.0. The number of nitrogen functional groups attached to an aromatic ring is 2. The molecule has 54 heavy (non-hydrogen) atoms. The lowest BCUT2D eigenvalue weighted by atomic mass is 10.1. The van der Waals surface area contributed by atoms with Gasteiger partial charge in [0.2, 0.25) is 24.5 Å². The van der Waals surface area contributed by atoms with Crippen LogP contribution in [0.3, 0.4) is 0 Å². The number of aromatic amines is 2. The molecule has 0 radical (unpaired) electrons. The lowest BCUT2D eigenvalue weighted by Crippen LogP contribution is -2.37. The molecule has 0 aliphatic carbocycles. The van der Waals surface area contributed by atoms with Gasteiger partial charge in [0.05, 0.1) is 19.5 Å². The molecule has 6 heterocycles. The number of nitrogens with zero attached hydrogens (tertiary/aromatic N) is 6. The van der Waals surface area contributed by atoms with Crippen LogP contribution in [0.2, 0.25) is 0 Å². The number of nitrogens with one attached hydrogen (secondary N) is 2. The number of rotatable bonds is 14. The molecule has 2 saturated heterocycles. The predicted octanol–water partition coefficient (Wildman–Crippen LogP) is -4.11. The first-order valence-electron chi connectivity index (χ1n) is 15.0. The molecule has 4 aromatic rings. The van der Waals surface area contributed by atoms with Crippen LogP contribution in [0.1, 0.15) is 12.5 Å². The largest absolute Gasteiger partial charge is 0.490 e. The van der Waals surface area contributed by atoms with E-state index in [-0.39, 0.29) is 40.8 Å². The van der Waals surface area contributed by atoms with Crippen molar-refractivity contribution >= 4 is 57.7 Å². The van der Waals surface area contributed by atoms with E-state index >= 15 is 0 Å². The van der Waals surface area contributed by atoms with E-state index in [9.17, 15) is 62.8 Å². The van der Waals surface area contributed by atoms with Gasteiger partial charge in [-0.15, -0.1) is 0 Å². The first-order valence-corrected chi connectivity index (χ1v) is 19.5. The molecule has 0 saturated carbocycles. The monoisotopic (exact) mass is 835 g/mol. The molecule has 0 spiro atoms. The molecule has 4 aromatic heterocycles. The molecule has 13 N–H and O–H groups in total. The van der Waals surface area contributed by atoms with E-state index in [1.807, 2.05) is 0 Å². The zero-order valence-corrected chi connectivity index (χ0v) is 29.5. The number of fused-ring (bicyclic) bond motifs is 2. The fraction of sp³-hybridized carbons (Fsp3) is 0.545. The van der Waals surface area contributed by atoms with Crippen LogP contribution < -0.4 is 27.2 Å². The Labute approximate surface area is 297 Å². The van der Waals surface area contributed by atoms with E-state index in [0.29, 0.717) is 0 Å². The van der Waals surface area contributed by atoms with Crippen LogP contribution >= 0.6 is 23.5 Å². The molecule has 2 fully saturated rings. The van der Waals surface area contributed by atoms with Gasteiger partial charge in [0.25, 0.3) is 16.7 Å². The number of aromatic nitrogens is 8. The summed E-state index contributed by atoms with van der Waals surface area (Å²) in [6.45, 7) is -3.51. The van der Waals surface area contributed by atoms with E-state index in [1.54, 1.807) is 0 Å². The van der Waals surface area contributed by atoms with Gasteiger partial charge in [-0.2, -0.15) is 23.2 Å². The second-order valence-electron chi connectivity index (χ2n) is 11.6. The molecule has 0 aromatic carbocycles. The number of hydrogen-bond acceptors (Lipinski definition) is 20. The van der Waals surface area contributed by atoms with Crippen molar-refractivity contribution < 1.29 is 84.9 Å². The van der Waals surface area contributed by atoms with E-state index in [4.69, 9.17) is 20.9 Å². The van der Waals surface area contributed by atoms with Gasteiger partial charge in [0.1, 0.15) is 49.8 Å². The number of aliphatic hydroxyl groups is 4. The Bertz CT molecular complexity index is 2320. The van der Waals surface area contributed by atoms with Gasteiger partial charge in [0.15, 0.2) is 17.4 Å². The number of phosphoric acid groups is 3. The number of H-pyrrole nitrogens is 2. The molecule has 2 aliphatic rings. The van der Waals surface area contributed by atoms with E-state index in [0.717, 1.165) is 26.4 Å². The summed E-state index contributed by atoms with van der Waals surface area (Å²) in [5, 5.41) is 42.2. The minimum Gasteiger partial charge on any atom is -0.387 e. The molecule has 2 aliphatic heterocycles. The molecule has 298 valence electrons. The first kappa shape index (κ1) is 40.1. The minimum atomic E-state index is -6.04. The highest BCUT2D eigenvalue weighted by molar-refractivity contribution is 7.66. The molecule has 6 rings (SSSR count). The molecule has 5 unspecified atom stereocenters. The van der Waals surface area contributed by atoms with Crippen LogP contribution in [-0.4, -0.2) is 126 Å². The van der Waals surface area contributed by atoms with Crippen molar-refractivity contribution in [3.8, 4) is 0 Å². The van der Waals surface area contributed by atoms with Gasteiger partial charge in [-0.05, 0) is 0 Å². The fourth-order valence-corrected chi connectivity index (χ4v) is 9.12. The van der Waals surface area contributed by atoms with Crippen molar-refractivity contribution in [1.82, 2.24) is 34.1 Å². The minimum absolute atomic E-state index is 0.165. The SMILES string of the molecule is Nc1nc2c(ncn2[C@@H]2O[C@H](COP(=O)(O)OP(=O)(O)OP(=O)(O)OC[C@H]3O[C@@H](n4c[n+](CCF)c5c(=O)[nH]c(N)nc54)[C@@H](O)C3O)C(O)[C@@H]2O)c(=O)[nH]1. The van der Waals surface area contributed by atoms with Crippen molar-refractivity contribution in [3.63, 3.8) is 0 Å². The zero-order valence-electron chi connectivity index (χ0n) is 26.8. The first-order chi connectivity index (χ1) is 25.2. The maximum Gasteiger partial charge on any atom is 0.490 e. The summed E-state index contributed by atoms with van der Waals surface area (Å²) in [4.78, 5) is 70.7. The second kappa shape index (κ2) is 14.8. The molecule has 28 nitrogen and oxygen atoms in total. The molecular formula is C22H31FN10O18P3+. The maximum atomic E-state index is 13.2. The average Bonchev–Trinajstić information content (AvgIpc) is 3.78. The maximum absolute atomic E-state index is 13.2. The van der Waals surface area contributed by atoms with Crippen molar-refractivity contribution in [2.45, 2.75) is 55.6 Å². The summed E-state index contributed by atoms with van der Waals surface area (Å²) in [7, 11) is -17.5. The summed E-state index contributed by atoms with van der Waals surface area (Å²) >= 11 is 0. The number of aryl methyl sites for hydroxylation is 1. The van der Waals surface area contributed by atoms with Gasteiger partial charge in [0, 0.05) is 0 Å². The van der Waals surface area contributed by atoms with Crippen molar-refractivity contribution in [2.24, 2.45) is 0 Å². The molecule has 11 atom stereocenters. The van der Waals surface area contributed by atoms with Gasteiger partial charge < -0.3 is 56.0 Å². The van der Waals surface area contributed by atoms with Gasteiger partial charge in [-0.1, -0.05) is 0 Å². The summed E-state index contributed by atoms with van der Waals surface area (Å²) in [5.41, 5.74) is 8.88. The predicted molar refractivity (Wildman–Crippen MR) is 169 cm³/mol. The Morgan fingerprint density at radius 2 is 1.30 bits per heavy atom. The number of aliphatic hydroxyl groups excluding tert-OH is 4. The number of halogens is 1. The number of phosphoric ester groups is 2. The number of ether oxygens (including phenoxy) is 2. The van der Waals surface area contributed by atoms with Crippen LogP contribution in [0.4, 0.5) is 16.3 Å². The Hall–Kier alpha value is -3.60. The third kappa shape index (κ3) is 8.03. The third-order valence-electron chi connectivity index (χ3n) is 7.91. The number of anilines is 2. The molecular weight excluding hydrogens is 804 g/mol. The Morgan fingerprint density at radius 3 is 1.83 bits per heavy atom. The summed E-state index contributed by atoms with van der Waals surface area (Å²) < 4.78 is 82.0. The number of imidazole rings is 2. The lowest BCUT2D eigenvalue weighted by Gasteiger charge is -2.21. The second-order valence-corrected chi connectivity index (χ2v) is 16.2. The number of alkyl halides is 1. The summed E-state index contributed by atoms with van der Waals surface area (Å²) in [5.74, 6) is -0.680. The summed E-state index contributed by atoms with van der Waals surface area (Å²) in [6, 6.07) is 0. The topological polar surface area (TPSA) is 418 Å². The third-order valence-corrected chi connectivity index (χ3v) is 12.2. The average molecular weight is 835 g/mol. The zero-order chi connectivity index (χ0) is 39.5. The van der Waals surface area contributed by atoms with Gasteiger partial charge >= 0.3 is 29.0 Å². The number of nitrogens with two attached hydrogens (primary N) is 2. The lowest BCUT2D eigenvalue weighted by molar-refractivity contribution is -0.673. The molecule has 32 heteroatoms. The van der Waals surface area contributed by atoms with Crippen molar-refractivity contribution in [2.75, 3.05) is 31.4 Å². The van der Waals surface area contributed by atoms with Crippen molar-refractivity contribution in [1.29, 1.82) is 0 Å². The smallest absolute Gasteiger partial charge is 0.387 e. The van der Waals surface area contributed by atoms with E-state index < -0.39 is 104 Å². The Morgan fingerprint density at radius 1 is 0.796 bits per heavy atom. The standard InChI is InChI=1S/C22H30FN10O18P3/c23-1-2-31-6-33(16-10(31)18(39)30-22(25)28-16)20-14(37)12(35)8(49-20)4-47-53(42,43)51-54(44,45)50-52(40,41)46-3-7-11(34)13(36)19(48-7)32-5-26-9-15(32)27-21(24)29-17(9)38/h5-8,11-14,19-20,34-37H,1-4H2,(H8-,24,25,27,28,29,30,38,39,40,41,42,43,44,45)/p+1/t7-,8-,11?,12?,13+,14+,19-,20-/m1/s1. The highest BCUT2D eigenvalue weighted by Crippen LogP contribution is 2.67. The van der Waals surface area contributed by atoms with E-state index in [2.05, 4.69) is 42.6 Å². The Balaban J connectivity index is 1.05. The molecule has 0 bridgehead atoms. The van der Waals surface area contributed by atoms with Crippen LogP contribution in [0, 0.1) is 0 Å². The normalized spacial score (nSPS) is 29.4. The van der Waals surface area contributed by atoms with Crippen LogP contribution in [0.15, 0.2) is 22.2 Å². The molecule has 0 amide bonds. The number of hydrogen-bond donors (Lipinski definition) is 11. The van der Waals surface area contributed by atoms with Crippen LogP contribution in [0.25, 0.3) is 22.3 Å².